The first-order valence-corrected chi connectivity index (χ1v) is 8.12. The van der Waals surface area contributed by atoms with Crippen molar-refractivity contribution in [1.29, 1.82) is 0 Å². The van der Waals surface area contributed by atoms with Crippen LogP contribution in [0.2, 0.25) is 0 Å². The van der Waals surface area contributed by atoms with E-state index in [0.717, 1.165) is 36.7 Å². The predicted octanol–water partition coefficient (Wildman–Crippen LogP) is 4.16. The summed E-state index contributed by atoms with van der Waals surface area (Å²) in [6.45, 7) is 0.519. The van der Waals surface area contributed by atoms with Gasteiger partial charge in [-0.2, -0.15) is 0 Å². The minimum atomic E-state index is -0.604. The van der Waals surface area contributed by atoms with Crippen LogP contribution in [-0.2, 0) is 0 Å². The third-order valence-electron chi connectivity index (χ3n) is 5.05. The van der Waals surface area contributed by atoms with Gasteiger partial charge in [-0.3, -0.25) is 0 Å². The molecule has 1 aromatic carbocycles. The molecule has 0 amide bonds. The molecule has 21 heavy (non-hydrogen) atoms. The van der Waals surface area contributed by atoms with Crippen molar-refractivity contribution in [2.45, 2.75) is 51.0 Å². The van der Waals surface area contributed by atoms with Gasteiger partial charge in [0.1, 0.15) is 17.4 Å². The molecule has 1 heterocycles. The van der Waals surface area contributed by atoms with E-state index in [1.165, 1.54) is 19.3 Å². The van der Waals surface area contributed by atoms with Gasteiger partial charge in [-0.25, -0.2) is 0 Å². The van der Waals surface area contributed by atoms with Crippen LogP contribution in [0.3, 0.4) is 0 Å². The second-order valence-electron chi connectivity index (χ2n) is 6.42. The number of aliphatic hydroxyl groups is 1. The summed E-state index contributed by atoms with van der Waals surface area (Å²) in [4.78, 5) is 0. The van der Waals surface area contributed by atoms with E-state index in [4.69, 9.17) is 10.2 Å². The largest absolute Gasteiger partial charge is 0.458 e. The fourth-order valence-electron chi connectivity index (χ4n) is 3.64. The molecule has 0 aliphatic heterocycles. The Morgan fingerprint density at radius 2 is 1.76 bits per heavy atom. The summed E-state index contributed by atoms with van der Waals surface area (Å²) in [5, 5.41) is 12.0. The maximum Gasteiger partial charge on any atom is 0.134 e. The summed E-state index contributed by atoms with van der Waals surface area (Å²) >= 11 is 0. The first kappa shape index (κ1) is 14.6. The molecule has 114 valence electrons. The van der Waals surface area contributed by atoms with Gasteiger partial charge in [0.2, 0.25) is 0 Å². The summed E-state index contributed by atoms with van der Waals surface area (Å²) in [5.41, 5.74) is 6.70. The average Bonchev–Trinajstić information content (AvgIpc) is 2.91. The molecular weight excluding hydrogens is 262 g/mol. The Balaban J connectivity index is 1.90. The highest BCUT2D eigenvalue weighted by Gasteiger charge is 2.39. The first-order chi connectivity index (χ1) is 10.2. The molecule has 0 saturated heterocycles. The Kier molecular flexibility index (Phi) is 4.32. The Hall–Kier alpha value is -1.32. The highest BCUT2D eigenvalue weighted by Crippen LogP contribution is 2.44. The Morgan fingerprint density at radius 1 is 1.10 bits per heavy atom. The van der Waals surface area contributed by atoms with Crippen LogP contribution in [-0.4, -0.2) is 11.7 Å². The molecular formula is C18H25NO2. The van der Waals surface area contributed by atoms with E-state index in [1.807, 2.05) is 30.3 Å². The molecule has 1 aromatic heterocycles. The SMILES string of the molecule is NCC1(C(O)c2cc3ccccc3o2)CCCCCCC1. The first-order valence-electron chi connectivity index (χ1n) is 8.12. The lowest BCUT2D eigenvalue weighted by Crippen LogP contribution is -2.37. The van der Waals surface area contributed by atoms with E-state index in [1.54, 1.807) is 0 Å². The van der Waals surface area contributed by atoms with Gasteiger partial charge in [-0.1, -0.05) is 50.3 Å². The maximum atomic E-state index is 10.9. The summed E-state index contributed by atoms with van der Waals surface area (Å²) < 4.78 is 5.88. The van der Waals surface area contributed by atoms with Crippen molar-refractivity contribution >= 4 is 11.0 Å². The van der Waals surface area contributed by atoms with Gasteiger partial charge in [0.05, 0.1) is 0 Å². The highest BCUT2D eigenvalue weighted by atomic mass is 16.4. The molecule has 1 aliphatic carbocycles. The molecule has 3 rings (SSSR count). The summed E-state index contributed by atoms with van der Waals surface area (Å²) in [5.74, 6) is 0.669. The number of benzene rings is 1. The Morgan fingerprint density at radius 3 is 2.43 bits per heavy atom. The Bertz CT molecular complexity index is 549. The number of hydrogen-bond donors (Lipinski definition) is 2. The molecule has 1 unspecified atom stereocenters. The van der Waals surface area contributed by atoms with Crippen molar-refractivity contribution in [3.05, 3.63) is 36.1 Å². The third-order valence-corrected chi connectivity index (χ3v) is 5.05. The van der Waals surface area contributed by atoms with Crippen molar-refractivity contribution in [2.24, 2.45) is 11.1 Å². The van der Waals surface area contributed by atoms with Gasteiger partial charge in [0.15, 0.2) is 0 Å². The summed E-state index contributed by atoms with van der Waals surface area (Å²) in [7, 11) is 0. The second-order valence-corrected chi connectivity index (χ2v) is 6.42. The van der Waals surface area contributed by atoms with Crippen molar-refractivity contribution in [2.75, 3.05) is 6.54 Å². The fourth-order valence-corrected chi connectivity index (χ4v) is 3.64. The van der Waals surface area contributed by atoms with Gasteiger partial charge >= 0.3 is 0 Å². The molecule has 3 N–H and O–H groups in total. The number of hydrogen-bond acceptors (Lipinski definition) is 3. The van der Waals surface area contributed by atoms with Gasteiger partial charge in [0, 0.05) is 17.3 Å². The van der Waals surface area contributed by atoms with Crippen molar-refractivity contribution in [1.82, 2.24) is 0 Å². The summed E-state index contributed by atoms with van der Waals surface area (Å²) in [6.07, 6.45) is 7.46. The molecule has 0 radical (unpaired) electrons. The van der Waals surface area contributed by atoms with E-state index >= 15 is 0 Å². The van der Waals surface area contributed by atoms with E-state index in [2.05, 4.69) is 0 Å². The van der Waals surface area contributed by atoms with Crippen molar-refractivity contribution in [3.8, 4) is 0 Å². The van der Waals surface area contributed by atoms with Crippen LogP contribution in [0.1, 0.15) is 56.8 Å². The molecule has 0 bridgehead atoms. The quantitative estimate of drug-likeness (QED) is 0.891. The van der Waals surface area contributed by atoms with E-state index in [9.17, 15) is 5.11 Å². The molecule has 2 aromatic rings. The van der Waals surface area contributed by atoms with Crippen LogP contribution >= 0.6 is 0 Å². The maximum absolute atomic E-state index is 10.9. The molecule has 1 fully saturated rings. The number of aliphatic hydroxyl groups excluding tert-OH is 1. The minimum Gasteiger partial charge on any atom is -0.458 e. The van der Waals surface area contributed by atoms with E-state index in [0.29, 0.717) is 12.3 Å². The Labute approximate surface area is 126 Å². The van der Waals surface area contributed by atoms with Crippen LogP contribution < -0.4 is 5.73 Å². The smallest absolute Gasteiger partial charge is 0.134 e. The molecule has 1 atom stereocenters. The topological polar surface area (TPSA) is 59.4 Å². The zero-order valence-corrected chi connectivity index (χ0v) is 12.6. The number of rotatable bonds is 3. The highest BCUT2D eigenvalue weighted by molar-refractivity contribution is 5.77. The molecule has 1 saturated carbocycles. The molecule has 1 aliphatic rings. The van der Waals surface area contributed by atoms with Crippen LogP contribution in [0.25, 0.3) is 11.0 Å². The third kappa shape index (κ3) is 2.85. The normalized spacial score (nSPS) is 20.9. The summed E-state index contributed by atoms with van der Waals surface area (Å²) in [6, 6.07) is 9.87. The predicted molar refractivity (Wildman–Crippen MR) is 85.0 cm³/mol. The van der Waals surface area contributed by atoms with Gasteiger partial charge in [-0.15, -0.1) is 0 Å². The molecule has 3 nitrogen and oxygen atoms in total. The van der Waals surface area contributed by atoms with Crippen LogP contribution in [0, 0.1) is 5.41 Å². The van der Waals surface area contributed by atoms with Crippen LogP contribution in [0.4, 0.5) is 0 Å². The van der Waals surface area contributed by atoms with Gasteiger partial charge < -0.3 is 15.3 Å². The van der Waals surface area contributed by atoms with E-state index in [-0.39, 0.29) is 5.41 Å². The second kappa shape index (κ2) is 6.20. The zero-order chi connectivity index (χ0) is 14.7. The van der Waals surface area contributed by atoms with Gasteiger partial charge in [-0.05, 0) is 25.0 Å². The number of nitrogens with two attached hydrogens (primary N) is 1. The number of furan rings is 1. The standard InChI is InChI=1S/C18H25NO2/c19-13-18(10-6-2-1-3-7-11-18)17(20)16-12-14-8-4-5-9-15(14)21-16/h4-5,8-9,12,17,20H,1-3,6-7,10-11,13,19H2. The average molecular weight is 287 g/mol. The van der Waals surface area contributed by atoms with Crippen LogP contribution in [0.15, 0.2) is 34.7 Å². The lowest BCUT2D eigenvalue weighted by Gasteiger charge is -2.37. The fraction of sp³-hybridized carbons (Fsp3) is 0.556. The lowest BCUT2D eigenvalue weighted by atomic mass is 9.71. The number of fused-ring (bicyclic) bond motifs is 1. The van der Waals surface area contributed by atoms with Crippen molar-refractivity contribution in [3.63, 3.8) is 0 Å². The molecule has 0 spiro atoms. The van der Waals surface area contributed by atoms with Crippen LogP contribution in [0.5, 0.6) is 0 Å². The monoisotopic (exact) mass is 287 g/mol. The molecule has 3 heteroatoms. The minimum absolute atomic E-state index is 0.228. The zero-order valence-electron chi connectivity index (χ0n) is 12.6. The van der Waals surface area contributed by atoms with Crippen molar-refractivity contribution < 1.29 is 9.52 Å². The lowest BCUT2D eigenvalue weighted by molar-refractivity contribution is -0.00501. The van der Waals surface area contributed by atoms with E-state index < -0.39 is 6.10 Å². The number of para-hydroxylation sites is 1. The van der Waals surface area contributed by atoms with Gasteiger partial charge in [0.25, 0.3) is 0 Å².